The van der Waals surface area contributed by atoms with Crippen LogP contribution >= 0.6 is 11.6 Å². The third-order valence-corrected chi connectivity index (χ3v) is 1.48. The van der Waals surface area contributed by atoms with Gasteiger partial charge in [0.05, 0.1) is 10.8 Å². The van der Waals surface area contributed by atoms with Crippen LogP contribution in [0.2, 0.25) is 0 Å². The molecule has 0 aliphatic heterocycles. The summed E-state index contributed by atoms with van der Waals surface area (Å²) in [5, 5.41) is 10.2. The van der Waals surface area contributed by atoms with E-state index in [0.29, 0.717) is 0 Å². The molecule has 3 nitrogen and oxygen atoms in total. The third-order valence-electron chi connectivity index (χ3n) is 1.23. The quantitative estimate of drug-likeness (QED) is 0.505. The largest absolute Gasteiger partial charge is 0.269 e. The molecule has 11 heavy (non-hydrogen) atoms. The monoisotopic (exact) mass is 170 g/mol. The van der Waals surface area contributed by atoms with E-state index >= 15 is 0 Å². The van der Waals surface area contributed by atoms with Gasteiger partial charge in [0, 0.05) is 12.1 Å². The molecule has 1 aromatic carbocycles. The second-order valence-electron chi connectivity index (χ2n) is 1.96. The maximum Gasteiger partial charge on any atom is 0.269 e. The second kappa shape index (κ2) is 3.34. The lowest BCUT2D eigenvalue weighted by Gasteiger charge is -1.92. The Morgan fingerprint density at radius 1 is 1.36 bits per heavy atom. The van der Waals surface area contributed by atoms with Crippen LogP contribution < -0.4 is 0 Å². The zero-order valence-electron chi connectivity index (χ0n) is 5.53. The van der Waals surface area contributed by atoms with Gasteiger partial charge in [0.25, 0.3) is 5.69 Å². The van der Waals surface area contributed by atoms with Crippen molar-refractivity contribution in [2.75, 3.05) is 0 Å². The van der Waals surface area contributed by atoms with Gasteiger partial charge in [-0.3, -0.25) is 10.1 Å². The average molecular weight is 171 g/mol. The number of nitrogens with zero attached hydrogens (tertiary/aromatic N) is 1. The number of benzene rings is 1. The first-order chi connectivity index (χ1) is 5.24. The summed E-state index contributed by atoms with van der Waals surface area (Å²) in [4.78, 5) is 9.72. The second-order valence-corrected chi connectivity index (χ2v) is 2.18. The first-order valence-corrected chi connectivity index (χ1v) is 3.35. The predicted molar refractivity (Wildman–Crippen MR) is 42.4 cm³/mol. The molecule has 0 atom stereocenters. The first kappa shape index (κ1) is 8.01. The minimum atomic E-state index is -0.446. The highest BCUT2D eigenvalue weighted by atomic mass is 35.5. The molecule has 1 rings (SSSR count). The van der Waals surface area contributed by atoms with Gasteiger partial charge >= 0.3 is 0 Å². The Bertz CT molecular complexity index is 258. The Labute approximate surface area is 68.8 Å². The molecular formula is C7H5ClNO2. The van der Waals surface area contributed by atoms with Gasteiger partial charge in [0.15, 0.2) is 0 Å². The van der Waals surface area contributed by atoms with Crippen molar-refractivity contribution in [2.24, 2.45) is 0 Å². The van der Waals surface area contributed by atoms with Crippen molar-refractivity contribution < 1.29 is 4.92 Å². The number of hydrogen-bond acceptors (Lipinski definition) is 2. The molecule has 1 aromatic rings. The van der Waals surface area contributed by atoms with E-state index in [0.717, 1.165) is 5.56 Å². The fraction of sp³-hybridized carbons (Fsp3) is 0. The van der Waals surface area contributed by atoms with Crippen LogP contribution in [0, 0.1) is 16.0 Å². The van der Waals surface area contributed by atoms with Crippen molar-refractivity contribution in [2.45, 2.75) is 0 Å². The standard InChI is InChI=1S/C7H5ClNO2/c8-5-6-1-3-7(4-2-6)9(10)11/h1-5H. The van der Waals surface area contributed by atoms with Crippen LogP contribution in [-0.4, -0.2) is 4.92 Å². The fourth-order valence-corrected chi connectivity index (χ4v) is 0.814. The zero-order valence-corrected chi connectivity index (χ0v) is 6.28. The van der Waals surface area contributed by atoms with E-state index in [1.54, 1.807) is 12.1 Å². The molecule has 0 heterocycles. The van der Waals surface area contributed by atoms with Gasteiger partial charge in [0.1, 0.15) is 0 Å². The summed E-state index contributed by atoms with van der Waals surface area (Å²) in [6, 6.07) is 6.00. The SMILES string of the molecule is O=[N+]([O-])c1ccc([CH]Cl)cc1. The predicted octanol–water partition coefficient (Wildman–Crippen LogP) is 2.34. The van der Waals surface area contributed by atoms with Gasteiger partial charge in [-0.2, -0.15) is 0 Å². The van der Waals surface area contributed by atoms with Crippen molar-refractivity contribution in [3.63, 3.8) is 0 Å². The summed E-state index contributed by atoms with van der Waals surface area (Å²) in [7, 11) is 0. The molecule has 57 valence electrons. The minimum absolute atomic E-state index is 0.0762. The van der Waals surface area contributed by atoms with Gasteiger partial charge in [-0.15, -0.1) is 11.6 Å². The Balaban J connectivity index is 2.91. The van der Waals surface area contributed by atoms with E-state index in [1.807, 2.05) is 0 Å². The molecule has 0 aromatic heterocycles. The highest BCUT2D eigenvalue weighted by Crippen LogP contribution is 2.13. The van der Waals surface area contributed by atoms with Crippen molar-refractivity contribution in [1.29, 1.82) is 0 Å². The number of halogens is 1. The van der Waals surface area contributed by atoms with E-state index < -0.39 is 4.92 Å². The topological polar surface area (TPSA) is 43.1 Å². The van der Waals surface area contributed by atoms with E-state index in [4.69, 9.17) is 11.6 Å². The Morgan fingerprint density at radius 3 is 2.27 bits per heavy atom. The summed E-state index contributed by atoms with van der Waals surface area (Å²) in [5.41, 5.74) is 0.838. The zero-order chi connectivity index (χ0) is 8.27. The van der Waals surface area contributed by atoms with E-state index in [9.17, 15) is 10.1 Å². The lowest BCUT2D eigenvalue weighted by Crippen LogP contribution is -1.86. The van der Waals surface area contributed by atoms with Gasteiger partial charge < -0.3 is 0 Å². The van der Waals surface area contributed by atoms with Crippen molar-refractivity contribution in [1.82, 2.24) is 0 Å². The minimum Gasteiger partial charge on any atom is -0.258 e. The molecular weight excluding hydrogens is 166 g/mol. The molecule has 0 amide bonds. The number of rotatable bonds is 2. The highest BCUT2D eigenvalue weighted by Gasteiger charge is 2.02. The van der Waals surface area contributed by atoms with E-state index in [1.165, 1.54) is 18.0 Å². The maximum absolute atomic E-state index is 10.2. The van der Waals surface area contributed by atoms with Crippen LogP contribution in [0.25, 0.3) is 0 Å². The van der Waals surface area contributed by atoms with Gasteiger partial charge in [0.2, 0.25) is 0 Å². The third kappa shape index (κ3) is 1.91. The molecule has 0 saturated carbocycles. The van der Waals surface area contributed by atoms with Crippen molar-refractivity contribution in [3.8, 4) is 0 Å². The Morgan fingerprint density at radius 2 is 1.91 bits per heavy atom. The van der Waals surface area contributed by atoms with Crippen molar-refractivity contribution >= 4 is 17.3 Å². The average Bonchev–Trinajstić information content (AvgIpc) is 2.05. The number of nitro groups is 1. The van der Waals surface area contributed by atoms with Crippen LogP contribution in [0.3, 0.4) is 0 Å². The van der Waals surface area contributed by atoms with Crippen LogP contribution in [0.5, 0.6) is 0 Å². The van der Waals surface area contributed by atoms with Gasteiger partial charge in [-0.05, 0) is 5.56 Å². The first-order valence-electron chi connectivity index (χ1n) is 2.92. The Kier molecular flexibility index (Phi) is 2.44. The number of nitro benzene ring substituents is 1. The van der Waals surface area contributed by atoms with E-state index in [2.05, 4.69) is 0 Å². The summed E-state index contributed by atoms with van der Waals surface area (Å²) < 4.78 is 0. The molecule has 0 fully saturated rings. The lowest BCUT2D eigenvalue weighted by molar-refractivity contribution is -0.384. The smallest absolute Gasteiger partial charge is 0.258 e. The maximum atomic E-state index is 10.2. The molecule has 1 radical (unpaired) electrons. The number of non-ortho nitro benzene ring substituents is 1. The lowest BCUT2D eigenvalue weighted by atomic mass is 10.2. The van der Waals surface area contributed by atoms with Gasteiger partial charge in [-0.25, -0.2) is 0 Å². The molecule has 0 saturated heterocycles. The van der Waals surface area contributed by atoms with Crippen LogP contribution in [0.1, 0.15) is 5.56 Å². The highest BCUT2D eigenvalue weighted by molar-refractivity contribution is 6.25. The summed E-state index contributed by atoms with van der Waals surface area (Å²) in [6.07, 6.45) is 0. The van der Waals surface area contributed by atoms with E-state index in [-0.39, 0.29) is 5.69 Å². The van der Waals surface area contributed by atoms with Crippen LogP contribution in [0.4, 0.5) is 5.69 Å². The van der Waals surface area contributed by atoms with Crippen LogP contribution in [0.15, 0.2) is 24.3 Å². The van der Waals surface area contributed by atoms with Crippen LogP contribution in [-0.2, 0) is 0 Å². The fourth-order valence-electron chi connectivity index (χ4n) is 0.669. The molecule has 0 spiro atoms. The summed E-state index contributed by atoms with van der Waals surface area (Å²) in [5.74, 6) is 1.36. The normalized spacial score (nSPS) is 9.55. The molecule has 0 aliphatic rings. The summed E-state index contributed by atoms with van der Waals surface area (Å²) >= 11 is 5.36. The molecule has 0 aliphatic carbocycles. The van der Waals surface area contributed by atoms with Crippen molar-refractivity contribution in [3.05, 3.63) is 45.8 Å². The molecule has 0 N–H and O–H groups in total. The molecule has 0 unspecified atom stereocenters. The molecule has 4 heteroatoms. The Hall–Kier alpha value is -1.09. The van der Waals surface area contributed by atoms with Gasteiger partial charge in [-0.1, -0.05) is 12.1 Å². The summed E-state index contributed by atoms with van der Waals surface area (Å²) in [6.45, 7) is 0. The molecule has 0 bridgehead atoms. The number of hydrogen-bond donors (Lipinski definition) is 0.